The minimum Gasteiger partial charge on any atom is -0.544 e. The van der Waals surface area contributed by atoms with E-state index in [1.165, 1.54) is 77.0 Å². The number of rotatable bonds is 49. The van der Waals surface area contributed by atoms with E-state index in [1.54, 1.807) is 21.1 Å². The summed E-state index contributed by atoms with van der Waals surface area (Å²) in [6, 6.07) is -0.738. The fourth-order valence-corrected chi connectivity index (χ4v) is 7.69. The first-order valence-corrected chi connectivity index (χ1v) is 27.8. The van der Waals surface area contributed by atoms with E-state index in [2.05, 4.69) is 111 Å². The fourth-order valence-electron chi connectivity index (χ4n) is 7.69. The van der Waals surface area contributed by atoms with Crippen LogP contribution in [-0.4, -0.2) is 75.5 Å². The SMILES string of the molecule is CC/C=C/C/C=C/C/C=C/C/C=C/C/C=C/C/C=C/CCCCCCC(=O)OCC(COCCC(C(=O)[O-])[N+](C)(C)C)OC(=O)CCCCCCCCC/C=C/C/C=C/CCCCCCCCCC. The highest BCUT2D eigenvalue weighted by atomic mass is 16.6. The largest absolute Gasteiger partial charge is 0.544 e. The molecule has 394 valence electrons. The van der Waals surface area contributed by atoms with E-state index in [-0.39, 0.29) is 42.7 Å². The summed E-state index contributed by atoms with van der Waals surface area (Å²) in [5.74, 6) is -1.78. The van der Waals surface area contributed by atoms with Gasteiger partial charge in [-0.3, -0.25) is 9.59 Å². The van der Waals surface area contributed by atoms with Crippen molar-refractivity contribution in [3.63, 3.8) is 0 Å². The zero-order valence-corrected chi connectivity index (χ0v) is 44.9. The van der Waals surface area contributed by atoms with Gasteiger partial charge in [0.05, 0.1) is 40.3 Å². The van der Waals surface area contributed by atoms with Crippen molar-refractivity contribution in [2.24, 2.45) is 0 Å². The van der Waals surface area contributed by atoms with Gasteiger partial charge in [0.25, 0.3) is 0 Å². The average molecular weight is 962 g/mol. The van der Waals surface area contributed by atoms with Crippen LogP contribution in [0.25, 0.3) is 0 Å². The summed E-state index contributed by atoms with van der Waals surface area (Å²) in [5.41, 5.74) is 0. The van der Waals surface area contributed by atoms with Crippen molar-refractivity contribution < 1.29 is 38.2 Å². The number of esters is 2. The number of allylic oxidation sites excluding steroid dienone is 16. The van der Waals surface area contributed by atoms with Crippen molar-refractivity contribution in [3.8, 4) is 0 Å². The van der Waals surface area contributed by atoms with E-state index in [1.807, 2.05) is 0 Å². The molecule has 0 saturated carbocycles. The Morgan fingerprint density at radius 2 is 0.812 bits per heavy atom. The number of carboxylic acid groups (broad SMARTS) is 1. The van der Waals surface area contributed by atoms with Crippen LogP contribution in [0.4, 0.5) is 0 Å². The number of aliphatic carboxylic acids is 1. The number of quaternary nitrogens is 1. The van der Waals surface area contributed by atoms with Gasteiger partial charge in [-0.15, -0.1) is 0 Å². The lowest BCUT2D eigenvalue weighted by atomic mass is 10.1. The summed E-state index contributed by atoms with van der Waals surface area (Å²) in [5, 5.41) is 11.7. The molecule has 8 heteroatoms. The molecule has 0 saturated heterocycles. The van der Waals surface area contributed by atoms with Gasteiger partial charge in [-0.25, -0.2) is 0 Å². The standard InChI is InChI=1S/C61H103NO7/c1-6-8-10-12-14-16-18-20-22-24-26-28-30-32-33-35-37-39-41-43-45-47-49-51-59(63)68-56-57(55-67-54-53-58(61(65)66)62(3,4)5)69-60(64)52-50-48-46-44-42-40-38-36-34-31-29-27-25-23-21-19-17-15-13-11-9-7-2/h8,10,14,16,20,22,25-28,31-34,37,39,57-58H,6-7,9,11-13,15,17-19,21,23-24,29-30,35-36,38,40-56H2,1-5H3/b10-8+,16-14+,22-20+,27-25+,28-26+,33-32+,34-31+,39-37+. The van der Waals surface area contributed by atoms with E-state index in [0.717, 1.165) is 109 Å². The maximum Gasteiger partial charge on any atom is 0.306 e. The Morgan fingerprint density at radius 3 is 1.20 bits per heavy atom. The third-order valence-corrected chi connectivity index (χ3v) is 12.0. The normalized spacial score (nSPS) is 13.6. The van der Waals surface area contributed by atoms with Crippen molar-refractivity contribution in [1.82, 2.24) is 0 Å². The van der Waals surface area contributed by atoms with Gasteiger partial charge in [-0.2, -0.15) is 0 Å². The zero-order chi connectivity index (χ0) is 50.6. The molecule has 0 spiro atoms. The lowest BCUT2D eigenvalue weighted by molar-refractivity contribution is -0.889. The lowest BCUT2D eigenvalue weighted by Crippen LogP contribution is -2.55. The molecule has 0 amide bonds. The zero-order valence-electron chi connectivity index (χ0n) is 44.9. The number of carbonyl (C=O) groups excluding carboxylic acids is 3. The Morgan fingerprint density at radius 1 is 0.449 bits per heavy atom. The molecule has 0 aromatic heterocycles. The van der Waals surface area contributed by atoms with E-state index in [4.69, 9.17) is 14.2 Å². The quantitative estimate of drug-likeness (QED) is 0.0259. The molecule has 69 heavy (non-hydrogen) atoms. The van der Waals surface area contributed by atoms with Gasteiger partial charge in [0.1, 0.15) is 12.6 Å². The van der Waals surface area contributed by atoms with Crippen molar-refractivity contribution >= 4 is 17.9 Å². The molecule has 0 aliphatic heterocycles. The molecule has 0 aromatic rings. The summed E-state index contributed by atoms with van der Waals surface area (Å²) in [6.45, 7) is 4.52. The number of hydrogen-bond donors (Lipinski definition) is 0. The molecular formula is C61H103NO7. The molecule has 0 aliphatic rings. The molecule has 0 bridgehead atoms. The molecule has 8 nitrogen and oxygen atoms in total. The molecule has 0 radical (unpaired) electrons. The number of carbonyl (C=O) groups is 3. The highest BCUT2D eigenvalue weighted by molar-refractivity contribution is 5.70. The number of likely N-dealkylation sites (N-methyl/N-ethyl adjacent to an activating group) is 1. The minimum absolute atomic E-state index is 0.0236. The van der Waals surface area contributed by atoms with Crippen LogP contribution in [0.2, 0.25) is 0 Å². The predicted molar refractivity (Wildman–Crippen MR) is 291 cm³/mol. The molecule has 0 aliphatic carbocycles. The Balaban J connectivity index is 4.30. The summed E-state index contributed by atoms with van der Waals surface area (Å²) in [4.78, 5) is 37.1. The van der Waals surface area contributed by atoms with Gasteiger partial charge in [0.2, 0.25) is 0 Å². The highest BCUT2D eigenvalue weighted by Gasteiger charge is 2.25. The average Bonchev–Trinajstić information content (AvgIpc) is 3.31. The molecule has 0 rings (SSSR count). The van der Waals surface area contributed by atoms with Crippen LogP contribution in [0, 0.1) is 0 Å². The number of carboxylic acids is 1. The molecule has 2 atom stereocenters. The van der Waals surface area contributed by atoms with Crippen LogP contribution in [0.5, 0.6) is 0 Å². The van der Waals surface area contributed by atoms with Crippen LogP contribution >= 0.6 is 0 Å². The summed E-state index contributed by atoms with van der Waals surface area (Å²) < 4.78 is 17.2. The topological polar surface area (TPSA) is 102 Å². The maximum atomic E-state index is 12.8. The predicted octanol–water partition coefficient (Wildman–Crippen LogP) is 15.3. The van der Waals surface area contributed by atoms with Gasteiger partial charge >= 0.3 is 11.9 Å². The second kappa shape index (κ2) is 50.6. The third kappa shape index (κ3) is 49.0. The molecule has 0 fully saturated rings. The Hall–Kier alpha value is -3.75. The molecule has 0 aromatic carbocycles. The van der Waals surface area contributed by atoms with Crippen molar-refractivity contribution in [1.29, 1.82) is 0 Å². The van der Waals surface area contributed by atoms with Crippen molar-refractivity contribution in [2.75, 3.05) is 41.0 Å². The summed E-state index contributed by atoms with van der Waals surface area (Å²) in [6.07, 6.45) is 68.7. The number of ether oxygens (including phenoxy) is 3. The van der Waals surface area contributed by atoms with Crippen molar-refractivity contribution in [2.45, 2.75) is 231 Å². The van der Waals surface area contributed by atoms with Crippen LogP contribution < -0.4 is 5.11 Å². The van der Waals surface area contributed by atoms with Crippen LogP contribution in [0.15, 0.2) is 97.2 Å². The van der Waals surface area contributed by atoms with Gasteiger partial charge < -0.3 is 28.6 Å². The van der Waals surface area contributed by atoms with Crippen LogP contribution in [0.1, 0.15) is 219 Å². The third-order valence-electron chi connectivity index (χ3n) is 12.0. The van der Waals surface area contributed by atoms with Crippen LogP contribution in [-0.2, 0) is 28.6 Å². The van der Waals surface area contributed by atoms with Gasteiger partial charge in [-0.05, 0) is 96.3 Å². The molecular weight excluding hydrogens is 859 g/mol. The van der Waals surface area contributed by atoms with Crippen molar-refractivity contribution in [3.05, 3.63) is 97.2 Å². The summed E-state index contributed by atoms with van der Waals surface area (Å²) in [7, 11) is 5.40. The second-order valence-corrected chi connectivity index (χ2v) is 19.4. The number of hydrogen-bond acceptors (Lipinski definition) is 7. The lowest BCUT2D eigenvalue weighted by Gasteiger charge is -2.34. The van der Waals surface area contributed by atoms with E-state index < -0.39 is 18.1 Å². The second-order valence-electron chi connectivity index (χ2n) is 19.4. The Kier molecular flexibility index (Phi) is 47.9. The van der Waals surface area contributed by atoms with Crippen LogP contribution in [0.3, 0.4) is 0 Å². The molecule has 2 unspecified atom stereocenters. The van der Waals surface area contributed by atoms with E-state index >= 15 is 0 Å². The first kappa shape index (κ1) is 65.2. The fraction of sp³-hybridized carbons (Fsp3) is 0.689. The van der Waals surface area contributed by atoms with E-state index in [0.29, 0.717) is 12.8 Å². The minimum atomic E-state index is -1.13. The van der Waals surface area contributed by atoms with Gasteiger partial charge in [-0.1, -0.05) is 201 Å². The Bertz CT molecular complexity index is 1450. The molecule has 0 heterocycles. The monoisotopic (exact) mass is 962 g/mol. The van der Waals surface area contributed by atoms with E-state index in [9.17, 15) is 19.5 Å². The number of nitrogens with zero attached hydrogens (tertiary/aromatic N) is 1. The number of unbranched alkanes of at least 4 members (excludes halogenated alkanes) is 19. The Labute approximate surface area is 424 Å². The highest BCUT2D eigenvalue weighted by Crippen LogP contribution is 2.14. The molecule has 0 N–H and O–H groups in total. The maximum absolute atomic E-state index is 12.8. The first-order chi connectivity index (χ1) is 33.6. The smallest absolute Gasteiger partial charge is 0.306 e. The summed E-state index contributed by atoms with van der Waals surface area (Å²) >= 11 is 0. The first-order valence-electron chi connectivity index (χ1n) is 27.8. The van der Waals surface area contributed by atoms with Gasteiger partial charge in [0, 0.05) is 19.3 Å². The van der Waals surface area contributed by atoms with Gasteiger partial charge in [0.15, 0.2) is 6.10 Å².